The van der Waals surface area contributed by atoms with Gasteiger partial charge in [0, 0.05) is 41.8 Å². The number of benzene rings is 1. The molecule has 1 aromatic carbocycles. The molecule has 6 rings (SSSR count). The van der Waals surface area contributed by atoms with Gasteiger partial charge in [-0.2, -0.15) is 5.10 Å². The van der Waals surface area contributed by atoms with Crippen molar-refractivity contribution < 1.29 is 14.6 Å². The molecule has 1 unspecified atom stereocenters. The summed E-state index contributed by atoms with van der Waals surface area (Å²) in [5, 5.41) is 19.3. The molecule has 9 heteroatoms. The van der Waals surface area contributed by atoms with Crippen molar-refractivity contribution in [2.24, 2.45) is 0 Å². The molecule has 5 aromatic rings. The van der Waals surface area contributed by atoms with Gasteiger partial charge in [-0.25, -0.2) is 15.0 Å². The van der Waals surface area contributed by atoms with E-state index in [1.54, 1.807) is 23.3 Å². The van der Waals surface area contributed by atoms with Gasteiger partial charge in [0.1, 0.15) is 11.6 Å². The molecule has 1 aliphatic heterocycles. The molecule has 9 nitrogen and oxygen atoms in total. The molecule has 2 N–H and O–H groups in total. The third-order valence-electron chi connectivity index (χ3n) is 6.67. The maximum Gasteiger partial charge on any atom is 0.305 e. The van der Waals surface area contributed by atoms with E-state index in [1.165, 1.54) is 5.56 Å². The minimum Gasteiger partial charge on any atom is -0.493 e. The molecule has 0 amide bonds. The van der Waals surface area contributed by atoms with E-state index < -0.39 is 12.0 Å². The van der Waals surface area contributed by atoms with Crippen LogP contribution in [0, 0.1) is 0 Å². The molecule has 0 saturated heterocycles. The number of aryl methyl sites for hydroxylation is 1. The number of ether oxygens (including phenoxy) is 1. The van der Waals surface area contributed by atoms with Gasteiger partial charge in [-0.3, -0.25) is 9.48 Å². The van der Waals surface area contributed by atoms with Crippen LogP contribution in [-0.4, -0.2) is 49.0 Å². The van der Waals surface area contributed by atoms with Gasteiger partial charge in [0.05, 0.1) is 30.8 Å². The predicted molar refractivity (Wildman–Crippen MR) is 140 cm³/mol. The van der Waals surface area contributed by atoms with Crippen molar-refractivity contribution in [3.8, 4) is 5.75 Å². The molecule has 0 bridgehead atoms. The second-order valence-corrected chi connectivity index (χ2v) is 9.18. The Balaban J connectivity index is 1.21. The van der Waals surface area contributed by atoms with E-state index in [-0.39, 0.29) is 6.42 Å². The Labute approximate surface area is 213 Å². The number of carboxylic acids is 1. The third-order valence-corrected chi connectivity index (χ3v) is 6.67. The first-order valence-corrected chi connectivity index (χ1v) is 12.4. The van der Waals surface area contributed by atoms with Crippen molar-refractivity contribution in [1.82, 2.24) is 24.7 Å². The number of rotatable bonds is 8. The van der Waals surface area contributed by atoms with Crippen molar-refractivity contribution in [1.29, 1.82) is 0 Å². The molecule has 1 aliphatic rings. The van der Waals surface area contributed by atoms with Crippen LogP contribution in [0.4, 0.5) is 5.82 Å². The fraction of sp³-hybridized carbons (Fsp3) is 0.250. The number of anilines is 1. The summed E-state index contributed by atoms with van der Waals surface area (Å²) in [4.78, 5) is 25.1. The van der Waals surface area contributed by atoms with Gasteiger partial charge >= 0.3 is 5.97 Å². The van der Waals surface area contributed by atoms with Crippen LogP contribution >= 0.6 is 0 Å². The second kappa shape index (κ2) is 9.85. The summed E-state index contributed by atoms with van der Waals surface area (Å²) in [6.45, 7) is 1.47. The average molecular weight is 495 g/mol. The number of hydrogen-bond acceptors (Lipinski definition) is 7. The van der Waals surface area contributed by atoms with E-state index in [1.807, 2.05) is 36.4 Å². The number of nitrogens with zero attached hydrogens (tertiary/aromatic N) is 5. The molecule has 0 fully saturated rings. The summed E-state index contributed by atoms with van der Waals surface area (Å²) in [6.07, 6.45) is 7.90. The molecule has 1 atom stereocenters. The molecule has 37 heavy (non-hydrogen) atoms. The van der Waals surface area contributed by atoms with Gasteiger partial charge in [0.2, 0.25) is 0 Å². The molecule has 0 saturated carbocycles. The first kappa shape index (κ1) is 22.9. The maximum absolute atomic E-state index is 11.7. The van der Waals surface area contributed by atoms with Gasteiger partial charge in [-0.1, -0.05) is 6.07 Å². The van der Waals surface area contributed by atoms with Crippen LogP contribution in [0.25, 0.3) is 21.9 Å². The number of nitrogens with one attached hydrogen (secondary N) is 1. The second-order valence-electron chi connectivity index (χ2n) is 9.18. The van der Waals surface area contributed by atoms with Gasteiger partial charge in [-0.05, 0) is 66.4 Å². The number of fused-ring (bicyclic) bond motifs is 3. The number of pyridine rings is 3. The van der Waals surface area contributed by atoms with Crippen LogP contribution in [0.2, 0.25) is 0 Å². The predicted octanol–water partition coefficient (Wildman–Crippen LogP) is 4.42. The zero-order chi connectivity index (χ0) is 25.2. The SMILES string of the molecule is O=C(O)CC(c1cnc2ncccc2c1)n1ncc2cc(OCCc3ccc4c(n3)NCCC4)ccc21. The standard InChI is InChI=1S/C28H26N6O3/c35-26(36)15-25(20-13-19-4-2-10-29-27(19)31-16-20)34-24-8-7-23(14-21(24)17-32-34)37-12-9-22-6-5-18-3-1-11-30-28(18)33-22/h2,4-8,10,13-14,16-17,25H,1,3,9,11-12,15H2,(H,30,33)(H,35,36). The number of carboxylic acid groups (broad SMARTS) is 1. The number of hydrogen-bond donors (Lipinski definition) is 2. The lowest BCUT2D eigenvalue weighted by atomic mass is 10.0. The Kier molecular flexibility index (Phi) is 6.10. The van der Waals surface area contributed by atoms with Crippen LogP contribution in [0.3, 0.4) is 0 Å². The lowest BCUT2D eigenvalue weighted by Gasteiger charge is -2.18. The van der Waals surface area contributed by atoms with E-state index in [9.17, 15) is 9.90 Å². The molecular formula is C28H26N6O3. The normalized spacial score (nSPS) is 13.7. The fourth-order valence-electron chi connectivity index (χ4n) is 4.83. The van der Waals surface area contributed by atoms with Gasteiger partial charge in [0.15, 0.2) is 5.65 Å². The fourth-order valence-corrected chi connectivity index (χ4v) is 4.83. The van der Waals surface area contributed by atoms with Crippen molar-refractivity contribution in [3.05, 3.63) is 83.9 Å². The zero-order valence-corrected chi connectivity index (χ0v) is 20.2. The largest absolute Gasteiger partial charge is 0.493 e. The summed E-state index contributed by atoms with van der Waals surface area (Å²) in [7, 11) is 0. The Morgan fingerprint density at radius 3 is 2.97 bits per heavy atom. The highest BCUT2D eigenvalue weighted by Gasteiger charge is 2.22. The van der Waals surface area contributed by atoms with Crippen molar-refractivity contribution >= 4 is 33.7 Å². The van der Waals surface area contributed by atoms with Crippen LogP contribution < -0.4 is 10.1 Å². The summed E-state index contributed by atoms with van der Waals surface area (Å²) < 4.78 is 7.77. The van der Waals surface area contributed by atoms with Gasteiger partial charge < -0.3 is 15.2 Å². The van der Waals surface area contributed by atoms with Crippen LogP contribution in [-0.2, 0) is 17.6 Å². The van der Waals surface area contributed by atoms with Gasteiger partial charge in [-0.15, -0.1) is 0 Å². The summed E-state index contributed by atoms with van der Waals surface area (Å²) >= 11 is 0. The monoisotopic (exact) mass is 494 g/mol. The van der Waals surface area contributed by atoms with E-state index >= 15 is 0 Å². The van der Waals surface area contributed by atoms with E-state index in [0.29, 0.717) is 18.7 Å². The van der Waals surface area contributed by atoms with Crippen LogP contribution in [0.1, 0.15) is 35.7 Å². The Morgan fingerprint density at radius 1 is 1.11 bits per heavy atom. The van der Waals surface area contributed by atoms with Gasteiger partial charge in [0.25, 0.3) is 0 Å². The van der Waals surface area contributed by atoms with Crippen molar-refractivity contribution in [3.63, 3.8) is 0 Å². The van der Waals surface area contributed by atoms with E-state index in [0.717, 1.165) is 58.5 Å². The minimum atomic E-state index is -0.911. The molecule has 186 valence electrons. The molecule has 0 radical (unpaired) electrons. The van der Waals surface area contributed by atoms with Crippen LogP contribution in [0.5, 0.6) is 5.75 Å². The number of aromatic nitrogens is 5. The minimum absolute atomic E-state index is 0.120. The highest BCUT2D eigenvalue weighted by Crippen LogP contribution is 2.29. The Morgan fingerprint density at radius 2 is 2.05 bits per heavy atom. The first-order valence-electron chi connectivity index (χ1n) is 12.4. The first-order chi connectivity index (χ1) is 18.1. The summed E-state index contributed by atoms with van der Waals surface area (Å²) in [6, 6.07) is 15.1. The summed E-state index contributed by atoms with van der Waals surface area (Å²) in [5.41, 5.74) is 4.48. The maximum atomic E-state index is 11.7. The summed E-state index contributed by atoms with van der Waals surface area (Å²) in [5.74, 6) is 0.814. The Hall–Kier alpha value is -4.53. The zero-order valence-electron chi connectivity index (χ0n) is 20.2. The topological polar surface area (TPSA) is 115 Å². The third kappa shape index (κ3) is 4.80. The average Bonchev–Trinajstić information content (AvgIpc) is 3.34. The lowest BCUT2D eigenvalue weighted by Crippen LogP contribution is -2.16. The van der Waals surface area contributed by atoms with Crippen LogP contribution in [0.15, 0.2) is 67.1 Å². The van der Waals surface area contributed by atoms with Crippen molar-refractivity contribution in [2.45, 2.75) is 31.7 Å². The number of aliphatic carboxylic acids is 1. The van der Waals surface area contributed by atoms with Crippen molar-refractivity contribution in [2.75, 3.05) is 18.5 Å². The molecule has 0 aliphatic carbocycles. The highest BCUT2D eigenvalue weighted by molar-refractivity contribution is 5.81. The lowest BCUT2D eigenvalue weighted by molar-refractivity contribution is -0.137. The van der Waals surface area contributed by atoms with E-state index in [4.69, 9.17) is 9.72 Å². The smallest absolute Gasteiger partial charge is 0.305 e. The highest BCUT2D eigenvalue weighted by atomic mass is 16.5. The quantitative estimate of drug-likeness (QED) is 0.326. The Bertz CT molecular complexity index is 1600. The molecule has 5 heterocycles. The molecule has 4 aromatic heterocycles. The molecule has 0 spiro atoms. The number of carbonyl (C=O) groups is 1. The van der Waals surface area contributed by atoms with E-state index in [2.05, 4.69) is 32.5 Å². The molecular weight excluding hydrogens is 468 g/mol.